The first-order valence-corrected chi connectivity index (χ1v) is 10.7. The number of halogens is 1. The summed E-state index contributed by atoms with van der Waals surface area (Å²) in [5.41, 5.74) is 2.15. The molecule has 4 rings (SSSR count). The molecule has 1 heterocycles. The molecule has 2 aromatic carbocycles. The predicted octanol–water partition coefficient (Wildman–Crippen LogP) is 5.00. The van der Waals surface area contributed by atoms with Crippen molar-refractivity contribution in [1.82, 2.24) is 9.97 Å². The monoisotopic (exact) mass is 452 g/mol. The second-order valence-electron chi connectivity index (χ2n) is 7.25. The average molecular weight is 453 g/mol. The van der Waals surface area contributed by atoms with Crippen LogP contribution >= 0.6 is 15.9 Å². The number of alkyl halides is 1. The first-order chi connectivity index (χ1) is 14.0. The quantitative estimate of drug-likeness (QED) is 0.421. The molecule has 1 aliphatic rings. The Kier molecular flexibility index (Phi) is 5.37. The smallest absolute Gasteiger partial charge is 0.245 e. The zero-order valence-corrected chi connectivity index (χ0v) is 17.7. The molecule has 0 spiro atoms. The Bertz CT molecular complexity index is 1050. The Labute approximate surface area is 177 Å². The largest absolute Gasteiger partial charge is 0.474 e. The van der Waals surface area contributed by atoms with E-state index in [0.29, 0.717) is 17.5 Å². The maximum absolute atomic E-state index is 13.4. The third-order valence-electron chi connectivity index (χ3n) is 5.44. The number of aromatic nitrogens is 2. The number of H-pyrrole nitrogens is 1. The van der Waals surface area contributed by atoms with Gasteiger partial charge in [0.1, 0.15) is 5.75 Å². The molecule has 0 radical (unpaired) electrons. The Morgan fingerprint density at radius 3 is 2.69 bits per heavy atom. The molecular weight excluding hydrogens is 432 g/mol. The Morgan fingerprint density at radius 1 is 1.21 bits per heavy atom. The number of imidazole rings is 1. The maximum Gasteiger partial charge on any atom is 0.245 e. The highest BCUT2D eigenvalue weighted by molar-refractivity contribution is 9.08. The summed E-state index contributed by atoms with van der Waals surface area (Å²) in [7, 11) is 0. The normalized spacial score (nSPS) is 15.4. The van der Waals surface area contributed by atoms with Gasteiger partial charge in [0.05, 0.1) is 0 Å². The molecule has 0 fully saturated rings. The summed E-state index contributed by atoms with van der Waals surface area (Å²) in [6.45, 7) is 1.76. The Morgan fingerprint density at radius 2 is 2.00 bits per heavy atom. The molecule has 29 heavy (non-hydrogen) atoms. The third kappa shape index (κ3) is 3.53. The van der Waals surface area contributed by atoms with Gasteiger partial charge in [0.15, 0.2) is 17.2 Å². The van der Waals surface area contributed by atoms with Crippen LogP contribution in [0.2, 0.25) is 0 Å². The van der Waals surface area contributed by atoms with Gasteiger partial charge < -0.3 is 9.72 Å². The highest BCUT2D eigenvalue weighted by Gasteiger charge is 2.40. The van der Waals surface area contributed by atoms with Crippen molar-refractivity contribution >= 4 is 27.5 Å². The second kappa shape index (κ2) is 7.95. The minimum atomic E-state index is -1.27. The van der Waals surface area contributed by atoms with Crippen molar-refractivity contribution in [1.29, 1.82) is 0 Å². The SMILES string of the molecule is C[C@@](Oc1ccc2c(c1CBr)CCCC2=O)(C(=O)c1ncc[nH]1)c1ccccc1. The summed E-state index contributed by atoms with van der Waals surface area (Å²) in [5.74, 6) is 0.743. The fraction of sp³-hybridized carbons (Fsp3) is 0.261. The van der Waals surface area contributed by atoms with E-state index in [1.807, 2.05) is 36.4 Å². The number of benzene rings is 2. The van der Waals surface area contributed by atoms with E-state index >= 15 is 0 Å². The number of carbonyl (C=O) groups is 2. The minimum Gasteiger partial charge on any atom is -0.474 e. The predicted molar refractivity (Wildman–Crippen MR) is 114 cm³/mol. The molecule has 1 aliphatic carbocycles. The number of carbonyl (C=O) groups excluding carboxylic acids is 2. The van der Waals surface area contributed by atoms with Gasteiger partial charge in [-0.15, -0.1) is 0 Å². The van der Waals surface area contributed by atoms with Gasteiger partial charge in [0.25, 0.3) is 0 Å². The number of nitrogens with zero attached hydrogens (tertiary/aromatic N) is 1. The number of aromatic amines is 1. The van der Waals surface area contributed by atoms with E-state index in [1.54, 1.807) is 25.4 Å². The van der Waals surface area contributed by atoms with Crippen LogP contribution < -0.4 is 4.74 Å². The van der Waals surface area contributed by atoms with Gasteiger partial charge >= 0.3 is 0 Å². The van der Waals surface area contributed by atoms with Gasteiger partial charge in [-0.3, -0.25) is 9.59 Å². The van der Waals surface area contributed by atoms with Crippen LogP contribution in [0, 0.1) is 0 Å². The van der Waals surface area contributed by atoms with Gasteiger partial charge in [-0.2, -0.15) is 0 Å². The minimum absolute atomic E-state index is 0.164. The van der Waals surface area contributed by atoms with Crippen molar-refractivity contribution in [2.24, 2.45) is 0 Å². The van der Waals surface area contributed by atoms with Crippen LogP contribution in [0.1, 0.15) is 57.4 Å². The van der Waals surface area contributed by atoms with Crippen molar-refractivity contribution < 1.29 is 14.3 Å². The van der Waals surface area contributed by atoms with Gasteiger partial charge in [0, 0.05) is 40.8 Å². The zero-order chi connectivity index (χ0) is 20.4. The molecule has 1 aromatic heterocycles. The molecule has 0 unspecified atom stereocenters. The van der Waals surface area contributed by atoms with Crippen molar-refractivity contribution in [2.75, 3.05) is 0 Å². The summed E-state index contributed by atoms with van der Waals surface area (Å²) >= 11 is 3.55. The fourth-order valence-electron chi connectivity index (χ4n) is 3.85. The molecule has 5 nitrogen and oxygen atoms in total. The van der Waals surface area contributed by atoms with Crippen molar-refractivity contribution in [3.05, 3.63) is 82.9 Å². The van der Waals surface area contributed by atoms with Gasteiger partial charge in [-0.25, -0.2) is 4.98 Å². The molecule has 1 N–H and O–H groups in total. The van der Waals surface area contributed by atoms with E-state index in [4.69, 9.17) is 4.74 Å². The van der Waals surface area contributed by atoms with Crippen molar-refractivity contribution in [3.63, 3.8) is 0 Å². The summed E-state index contributed by atoms with van der Waals surface area (Å²) in [4.78, 5) is 32.7. The van der Waals surface area contributed by atoms with Crippen LogP contribution in [0.3, 0.4) is 0 Å². The molecular formula is C23H21BrN2O3. The fourth-order valence-corrected chi connectivity index (χ4v) is 4.46. The second-order valence-corrected chi connectivity index (χ2v) is 7.81. The molecule has 148 valence electrons. The van der Waals surface area contributed by atoms with Crippen LogP contribution in [-0.4, -0.2) is 21.5 Å². The number of hydrogen-bond donors (Lipinski definition) is 1. The Hall–Kier alpha value is -2.73. The van der Waals surface area contributed by atoms with E-state index in [2.05, 4.69) is 25.9 Å². The number of ether oxygens (including phenoxy) is 1. The average Bonchev–Trinajstić information content (AvgIpc) is 3.28. The number of Topliss-reactive ketones (excluding diaryl/α,β-unsaturated/α-hetero) is 2. The lowest BCUT2D eigenvalue weighted by Crippen LogP contribution is -2.39. The summed E-state index contributed by atoms with van der Waals surface area (Å²) < 4.78 is 6.45. The number of fused-ring (bicyclic) bond motifs is 1. The van der Waals surface area contributed by atoms with Crippen LogP contribution in [0.25, 0.3) is 0 Å². The van der Waals surface area contributed by atoms with E-state index in [9.17, 15) is 9.59 Å². The van der Waals surface area contributed by atoms with Gasteiger partial charge in [-0.1, -0.05) is 46.3 Å². The molecule has 1 atom stereocenters. The Balaban J connectivity index is 1.82. The molecule has 0 bridgehead atoms. The van der Waals surface area contributed by atoms with E-state index in [-0.39, 0.29) is 17.4 Å². The first-order valence-electron chi connectivity index (χ1n) is 9.57. The maximum atomic E-state index is 13.4. The standard InChI is InChI=1S/C23H21BrN2O3/c1-23(15-6-3-2-4-7-15,21(28)22-25-12-13-26-22)29-20-11-10-17-16(18(20)14-24)8-5-9-19(17)27/h2-4,6-7,10-13H,5,8-9,14H2,1H3,(H,25,26)/t23-/m0/s1. The third-order valence-corrected chi connectivity index (χ3v) is 6.00. The molecule has 0 aliphatic heterocycles. The van der Waals surface area contributed by atoms with E-state index < -0.39 is 5.60 Å². The van der Waals surface area contributed by atoms with Crippen LogP contribution in [0.5, 0.6) is 5.75 Å². The number of hydrogen-bond acceptors (Lipinski definition) is 4. The lowest BCUT2D eigenvalue weighted by atomic mass is 9.86. The molecule has 0 saturated carbocycles. The summed E-state index contributed by atoms with van der Waals surface area (Å²) in [5, 5.41) is 0.540. The van der Waals surface area contributed by atoms with E-state index in [1.165, 1.54) is 0 Å². The number of rotatable bonds is 6. The highest BCUT2D eigenvalue weighted by Crippen LogP contribution is 2.38. The van der Waals surface area contributed by atoms with Crippen LogP contribution in [0.4, 0.5) is 0 Å². The van der Waals surface area contributed by atoms with Crippen LogP contribution in [-0.2, 0) is 17.4 Å². The van der Waals surface area contributed by atoms with Crippen molar-refractivity contribution in [2.45, 2.75) is 37.1 Å². The number of nitrogens with one attached hydrogen (secondary N) is 1. The lowest BCUT2D eigenvalue weighted by molar-refractivity contribution is 0.0494. The van der Waals surface area contributed by atoms with E-state index in [0.717, 1.165) is 35.1 Å². The van der Waals surface area contributed by atoms with Gasteiger partial charge in [0.2, 0.25) is 5.78 Å². The number of ketones is 2. The highest BCUT2D eigenvalue weighted by atomic mass is 79.9. The first kappa shape index (κ1) is 19.6. The van der Waals surface area contributed by atoms with Gasteiger partial charge in [-0.05, 0) is 37.5 Å². The lowest BCUT2D eigenvalue weighted by Gasteiger charge is -2.31. The zero-order valence-electron chi connectivity index (χ0n) is 16.1. The topological polar surface area (TPSA) is 72.1 Å². The molecule has 0 saturated heterocycles. The molecule has 6 heteroatoms. The summed E-state index contributed by atoms with van der Waals surface area (Å²) in [6, 6.07) is 13.0. The van der Waals surface area contributed by atoms with Crippen molar-refractivity contribution in [3.8, 4) is 5.75 Å². The van der Waals surface area contributed by atoms with Crippen LogP contribution in [0.15, 0.2) is 54.9 Å². The summed E-state index contributed by atoms with van der Waals surface area (Å²) in [6.07, 6.45) is 5.40. The molecule has 3 aromatic rings. The molecule has 0 amide bonds.